The van der Waals surface area contributed by atoms with Crippen LogP contribution < -0.4 is 0 Å². The summed E-state index contributed by atoms with van der Waals surface area (Å²) in [5.41, 5.74) is 0. The number of hydrogen-bond acceptors (Lipinski definition) is 2. The fourth-order valence-electron chi connectivity index (χ4n) is 6.19. The highest BCUT2D eigenvalue weighted by Crippen LogP contribution is 2.24. The molecule has 0 fully saturated rings. The molecular weight excluding hydrogens is 460 g/mol. The van der Waals surface area contributed by atoms with Gasteiger partial charge >= 0.3 is 0 Å². The molecule has 0 spiro atoms. The van der Waals surface area contributed by atoms with Gasteiger partial charge in [-0.05, 0) is 25.7 Å². The third-order valence-corrected chi connectivity index (χ3v) is 8.82. The lowest BCUT2D eigenvalue weighted by Gasteiger charge is -2.33. The Labute approximate surface area is 241 Å². The van der Waals surface area contributed by atoms with Crippen LogP contribution in [0.1, 0.15) is 201 Å². The van der Waals surface area contributed by atoms with Crippen molar-refractivity contribution < 1.29 is 0 Å². The van der Waals surface area contributed by atoms with E-state index in [0.717, 1.165) is 0 Å². The van der Waals surface area contributed by atoms with Gasteiger partial charge in [0.1, 0.15) is 6.17 Å². The predicted octanol–water partition coefficient (Wildman–Crippen LogP) is 12.4. The van der Waals surface area contributed by atoms with Crippen LogP contribution in [0.2, 0.25) is 0 Å². The normalized spacial score (nSPS) is 15.3. The van der Waals surface area contributed by atoms with Crippen molar-refractivity contribution in [2.75, 3.05) is 13.1 Å². The van der Waals surface area contributed by atoms with Crippen LogP contribution >= 0.6 is 0 Å². The summed E-state index contributed by atoms with van der Waals surface area (Å²) in [6.07, 6.45) is 45.5. The van der Waals surface area contributed by atoms with Crippen LogP contribution in [-0.4, -0.2) is 29.1 Å². The summed E-state index contributed by atoms with van der Waals surface area (Å²) in [7, 11) is 0. The molecule has 226 valence electrons. The van der Waals surface area contributed by atoms with Gasteiger partial charge in [-0.3, -0.25) is 0 Å². The van der Waals surface area contributed by atoms with Gasteiger partial charge in [0.05, 0.1) is 0 Å². The van der Waals surface area contributed by atoms with E-state index in [2.05, 4.69) is 43.0 Å². The first-order chi connectivity index (χ1) is 18.8. The molecule has 0 amide bonds. The Bertz CT molecular complexity index is 488. The van der Waals surface area contributed by atoms with Crippen LogP contribution in [0.3, 0.4) is 0 Å². The minimum absolute atomic E-state index is 0.642. The summed E-state index contributed by atoms with van der Waals surface area (Å²) >= 11 is 0. The zero-order valence-corrected chi connectivity index (χ0v) is 26.8. The minimum atomic E-state index is 0.642. The van der Waals surface area contributed by atoms with Crippen LogP contribution in [0, 0.1) is 0 Å². The standard InChI is InChI=1S/C36H72N2/c1-4-7-10-12-14-16-17-18-19-20-21-22-23-24-26-28-31-36-37(32-29-9-6-3)34-35-38(36)33-30-27-25-15-13-11-8-5-2/h34-36H,4-33H2,1-3H3. The van der Waals surface area contributed by atoms with Crippen LogP contribution in [0.4, 0.5) is 0 Å². The van der Waals surface area contributed by atoms with E-state index in [1.54, 1.807) is 0 Å². The zero-order valence-electron chi connectivity index (χ0n) is 26.8. The predicted molar refractivity (Wildman–Crippen MR) is 173 cm³/mol. The largest absolute Gasteiger partial charge is 0.356 e. The molecule has 38 heavy (non-hydrogen) atoms. The van der Waals surface area contributed by atoms with Crippen molar-refractivity contribution >= 4 is 0 Å². The number of nitrogens with zero attached hydrogens (tertiary/aromatic N) is 2. The van der Waals surface area contributed by atoms with E-state index in [4.69, 9.17) is 0 Å². The second kappa shape index (κ2) is 27.9. The van der Waals surface area contributed by atoms with Crippen molar-refractivity contribution in [2.45, 2.75) is 207 Å². The first-order valence-corrected chi connectivity index (χ1v) is 18.0. The second-order valence-corrected chi connectivity index (χ2v) is 12.5. The summed E-state index contributed by atoms with van der Waals surface area (Å²) < 4.78 is 0. The Morgan fingerprint density at radius 2 is 0.605 bits per heavy atom. The number of hydrogen-bond donors (Lipinski definition) is 0. The molecule has 0 aromatic heterocycles. The van der Waals surface area contributed by atoms with Crippen molar-refractivity contribution in [1.82, 2.24) is 9.80 Å². The topological polar surface area (TPSA) is 6.48 Å². The molecule has 1 aliphatic heterocycles. The summed E-state index contributed by atoms with van der Waals surface area (Å²) in [4.78, 5) is 5.36. The van der Waals surface area contributed by atoms with E-state index in [9.17, 15) is 0 Å². The maximum atomic E-state index is 2.69. The molecule has 0 radical (unpaired) electrons. The van der Waals surface area contributed by atoms with Crippen molar-refractivity contribution in [3.05, 3.63) is 12.4 Å². The Morgan fingerprint density at radius 1 is 0.342 bits per heavy atom. The average Bonchev–Trinajstić information content (AvgIpc) is 3.31. The van der Waals surface area contributed by atoms with E-state index >= 15 is 0 Å². The Hall–Kier alpha value is -0.660. The van der Waals surface area contributed by atoms with Gasteiger partial charge in [0.2, 0.25) is 0 Å². The highest BCUT2D eigenvalue weighted by Gasteiger charge is 2.24. The molecule has 2 heteroatoms. The zero-order chi connectivity index (χ0) is 27.4. The highest BCUT2D eigenvalue weighted by atomic mass is 15.4. The molecule has 1 atom stereocenters. The Morgan fingerprint density at radius 3 is 0.974 bits per heavy atom. The maximum Gasteiger partial charge on any atom is 0.101 e. The van der Waals surface area contributed by atoms with Crippen molar-refractivity contribution in [2.24, 2.45) is 0 Å². The average molecular weight is 533 g/mol. The lowest BCUT2D eigenvalue weighted by atomic mass is 10.0. The molecule has 0 aliphatic carbocycles. The fourth-order valence-corrected chi connectivity index (χ4v) is 6.19. The molecule has 0 aromatic rings. The van der Waals surface area contributed by atoms with Crippen LogP contribution in [-0.2, 0) is 0 Å². The lowest BCUT2D eigenvalue weighted by molar-refractivity contribution is 0.135. The molecule has 1 unspecified atom stereocenters. The van der Waals surface area contributed by atoms with Gasteiger partial charge in [-0.2, -0.15) is 0 Å². The van der Waals surface area contributed by atoms with E-state index in [-0.39, 0.29) is 0 Å². The van der Waals surface area contributed by atoms with E-state index in [1.165, 1.54) is 193 Å². The third-order valence-electron chi connectivity index (χ3n) is 8.82. The third kappa shape index (κ3) is 20.3. The molecule has 2 nitrogen and oxygen atoms in total. The monoisotopic (exact) mass is 533 g/mol. The van der Waals surface area contributed by atoms with Gasteiger partial charge in [0.25, 0.3) is 0 Å². The van der Waals surface area contributed by atoms with Crippen LogP contribution in [0.15, 0.2) is 12.4 Å². The van der Waals surface area contributed by atoms with Crippen LogP contribution in [0.25, 0.3) is 0 Å². The SMILES string of the molecule is CCCCCCCCCCCCCCCCCCC1N(CCCCC)C=CN1CCCCCCCCCC. The van der Waals surface area contributed by atoms with Crippen molar-refractivity contribution in [3.63, 3.8) is 0 Å². The molecule has 0 bridgehead atoms. The molecule has 0 N–H and O–H groups in total. The molecule has 0 saturated carbocycles. The minimum Gasteiger partial charge on any atom is -0.356 e. The Balaban J connectivity index is 2.07. The highest BCUT2D eigenvalue weighted by molar-refractivity contribution is 4.97. The molecular formula is C36H72N2. The first kappa shape index (κ1) is 35.4. The fraction of sp³-hybridized carbons (Fsp3) is 0.944. The maximum absolute atomic E-state index is 2.69. The molecule has 0 aromatic carbocycles. The van der Waals surface area contributed by atoms with Crippen molar-refractivity contribution in [1.29, 1.82) is 0 Å². The molecule has 0 saturated heterocycles. The first-order valence-electron chi connectivity index (χ1n) is 18.0. The van der Waals surface area contributed by atoms with Crippen molar-refractivity contribution in [3.8, 4) is 0 Å². The summed E-state index contributed by atoms with van der Waals surface area (Å²) in [6, 6.07) is 0. The van der Waals surface area contributed by atoms with E-state index < -0.39 is 0 Å². The van der Waals surface area contributed by atoms with E-state index in [0.29, 0.717) is 6.17 Å². The number of unbranched alkanes of at least 4 members (excludes halogenated alkanes) is 24. The quantitative estimate of drug-likeness (QED) is 0.0848. The lowest BCUT2D eigenvalue weighted by Crippen LogP contribution is -2.39. The summed E-state index contributed by atoms with van der Waals surface area (Å²) in [6.45, 7) is 9.46. The van der Waals surface area contributed by atoms with Gasteiger partial charge in [-0.1, -0.05) is 175 Å². The molecule has 1 rings (SSSR count). The van der Waals surface area contributed by atoms with Gasteiger partial charge in [0, 0.05) is 25.5 Å². The van der Waals surface area contributed by atoms with E-state index in [1.807, 2.05) is 0 Å². The van der Waals surface area contributed by atoms with Gasteiger partial charge in [-0.15, -0.1) is 0 Å². The number of rotatable bonds is 30. The molecule has 1 aliphatic rings. The van der Waals surface area contributed by atoms with Gasteiger partial charge < -0.3 is 9.80 Å². The Kier molecular flexibility index (Phi) is 26.0. The van der Waals surface area contributed by atoms with Crippen LogP contribution in [0.5, 0.6) is 0 Å². The summed E-state index contributed by atoms with van der Waals surface area (Å²) in [5, 5.41) is 0. The smallest absolute Gasteiger partial charge is 0.101 e. The summed E-state index contributed by atoms with van der Waals surface area (Å²) in [5.74, 6) is 0. The van der Waals surface area contributed by atoms with Gasteiger partial charge in [0.15, 0.2) is 0 Å². The second-order valence-electron chi connectivity index (χ2n) is 12.5. The molecule has 1 heterocycles. The van der Waals surface area contributed by atoms with Gasteiger partial charge in [-0.25, -0.2) is 0 Å².